The first-order chi connectivity index (χ1) is 9.08. The lowest BCUT2D eigenvalue weighted by molar-refractivity contribution is 0.178. The second-order valence-electron chi connectivity index (χ2n) is 3.68. The number of benzene rings is 1. The molecule has 4 nitrogen and oxygen atoms in total. The molecule has 0 spiro atoms. The molecule has 0 saturated carbocycles. The van der Waals surface area contributed by atoms with Gasteiger partial charge in [-0.3, -0.25) is 0 Å². The number of rotatable bonds is 4. The van der Waals surface area contributed by atoms with Crippen LogP contribution in [0.2, 0.25) is 5.15 Å². The second kappa shape index (κ2) is 6.27. The summed E-state index contributed by atoms with van der Waals surface area (Å²) in [6.45, 7) is 0.266. The molecule has 0 aliphatic heterocycles. The summed E-state index contributed by atoms with van der Waals surface area (Å²) < 4.78 is 18.5. The Morgan fingerprint density at radius 3 is 2.84 bits per heavy atom. The van der Waals surface area contributed by atoms with Crippen LogP contribution in [-0.2, 0) is 11.3 Å². The molecule has 1 heterocycles. The van der Waals surface area contributed by atoms with Crippen LogP contribution in [0.25, 0.3) is 0 Å². The monoisotopic (exact) mass is 345 g/mol. The first-order valence-electron chi connectivity index (χ1n) is 5.33. The third kappa shape index (κ3) is 3.86. The van der Waals surface area contributed by atoms with Crippen molar-refractivity contribution in [1.29, 1.82) is 0 Å². The van der Waals surface area contributed by atoms with E-state index in [1.54, 1.807) is 25.3 Å². The van der Waals surface area contributed by atoms with Crippen molar-refractivity contribution in [3.8, 4) is 0 Å². The third-order valence-corrected chi connectivity index (χ3v) is 3.01. The lowest BCUT2D eigenvalue weighted by Gasteiger charge is -2.08. The van der Waals surface area contributed by atoms with Crippen molar-refractivity contribution < 1.29 is 9.13 Å². The predicted molar refractivity (Wildman–Crippen MR) is 75.1 cm³/mol. The summed E-state index contributed by atoms with van der Waals surface area (Å²) in [5, 5.41) is 3.33. The number of nitrogens with one attached hydrogen (secondary N) is 1. The standard InChI is InChI=1S/C12H10BrClFN3O/c1-19-6-12-17-10(14)5-11(18-12)16-7-2-3-9(15)8(13)4-7/h2-5H,6H2,1H3,(H,16,17,18). The molecule has 7 heteroatoms. The summed E-state index contributed by atoms with van der Waals surface area (Å²) >= 11 is 9.01. The minimum atomic E-state index is -0.327. The normalized spacial score (nSPS) is 10.5. The first kappa shape index (κ1) is 14.2. The van der Waals surface area contributed by atoms with Gasteiger partial charge in [-0.05, 0) is 34.1 Å². The predicted octanol–water partition coefficient (Wildman–Crippen LogP) is 3.92. The quantitative estimate of drug-likeness (QED) is 0.852. The van der Waals surface area contributed by atoms with E-state index in [0.717, 1.165) is 0 Å². The average Bonchev–Trinajstić information content (AvgIpc) is 2.33. The number of aromatic nitrogens is 2. The molecule has 0 fully saturated rings. The zero-order valence-corrected chi connectivity index (χ0v) is 12.3. The van der Waals surface area contributed by atoms with Gasteiger partial charge in [-0.1, -0.05) is 11.6 Å². The lowest BCUT2D eigenvalue weighted by atomic mass is 10.3. The number of halogens is 3. The summed E-state index contributed by atoms with van der Waals surface area (Å²) in [5.41, 5.74) is 0.686. The second-order valence-corrected chi connectivity index (χ2v) is 4.92. The van der Waals surface area contributed by atoms with Crippen LogP contribution in [-0.4, -0.2) is 17.1 Å². The highest BCUT2D eigenvalue weighted by atomic mass is 79.9. The van der Waals surface area contributed by atoms with Crippen LogP contribution in [0.15, 0.2) is 28.7 Å². The Balaban J connectivity index is 2.24. The number of nitrogens with zero attached hydrogens (tertiary/aromatic N) is 2. The summed E-state index contributed by atoms with van der Waals surface area (Å²) in [5.74, 6) is 0.663. The largest absolute Gasteiger partial charge is 0.377 e. The van der Waals surface area contributed by atoms with E-state index in [1.807, 2.05) is 0 Å². The van der Waals surface area contributed by atoms with Gasteiger partial charge in [-0.2, -0.15) is 0 Å². The third-order valence-electron chi connectivity index (χ3n) is 2.21. The highest BCUT2D eigenvalue weighted by Crippen LogP contribution is 2.23. The van der Waals surface area contributed by atoms with Crippen molar-refractivity contribution in [2.24, 2.45) is 0 Å². The fourth-order valence-corrected chi connectivity index (χ4v) is 2.02. The molecule has 0 aliphatic rings. The highest BCUT2D eigenvalue weighted by molar-refractivity contribution is 9.10. The molecule has 19 heavy (non-hydrogen) atoms. The summed E-state index contributed by atoms with van der Waals surface area (Å²) in [6.07, 6.45) is 0. The minimum absolute atomic E-state index is 0.266. The average molecular weight is 347 g/mol. The van der Waals surface area contributed by atoms with Crippen LogP contribution in [0.5, 0.6) is 0 Å². The van der Waals surface area contributed by atoms with Gasteiger partial charge in [-0.25, -0.2) is 14.4 Å². The Morgan fingerprint density at radius 1 is 1.37 bits per heavy atom. The number of hydrogen-bond acceptors (Lipinski definition) is 4. The van der Waals surface area contributed by atoms with Crippen molar-refractivity contribution in [2.75, 3.05) is 12.4 Å². The Morgan fingerprint density at radius 2 is 2.16 bits per heavy atom. The van der Waals surface area contributed by atoms with Gasteiger partial charge in [0, 0.05) is 18.9 Å². The first-order valence-corrected chi connectivity index (χ1v) is 6.50. The maximum absolute atomic E-state index is 13.1. The summed E-state index contributed by atoms with van der Waals surface area (Å²) in [7, 11) is 1.55. The van der Waals surface area contributed by atoms with E-state index in [4.69, 9.17) is 16.3 Å². The SMILES string of the molecule is COCc1nc(Cl)cc(Nc2ccc(F)c(Br)c2)n1. The summed E-state index contributed by atoms with van der Waals surface area (Å²) in [6, 6.07) is 6.15. The van der Waals surface area contributed by atoms with Gasteiger partial charge in [0.1, 0.15) is 23.4 Å². The van der Waals surface area contributed by atoms with Gasteiger partial charge in [-0.15, -0.1) is 0 Å². The van der Waals surface area contributed by atoms with E-state index in [9.17, 15) is 4.39 Å². The van der Waals surface area contributed by atoms with E-state index in [1.165, 1.54) is 6.07 Å². The molecule has 0 unspecified atom stereocenters. The molecule has 1 aromatic carbocycles. The number of ether oxygens (including phenoxy) is 1. The molecule has 2 aromatic rings. The van der Waals surface area contributed by atoms with Crippen molar-refractivity contribution in [3.63, 3.8) is 0 Å². The Kier molecular flexibility index (Phi) is 4.68. The van der Waals surface area contributed by atoms with E-state index in [-0.39, 0.29) is 12.4 Å². The maximum atomic E-state index is 13.1. The van der Waals surface area contributed by atoms with Crippen LogP contribution in [0.1, 0.15) is 5.82 Å². The number of anilines is 2. The van der Waals surface area contributed by atoms with Gasteiger partial charge in [0.25, 0.3) is 0 Å². The van der Waals surface area contributed by atoms with Crippen LogP contribution in [0.4, 0.5) is 15.9 Å². The molecule has 100 valence electrons. The molecular formula is C12H10BrClFN3O. The smallest absolute Gasteiger partial charge is 0.158 e. The van der Waals surface area contributed by atoms with Gasteiger partial charge in [0.2, 0.25) is 0 Å². The number of methoxy groups -OCH3 is 1. The Hall–Kier alpha value is -1.24. The van der Waals surface area contributed by atoms with Gasteiger partial charge in [0.05, 0.1) is 4.47 Å². The molecule has 2 rings (SSSR count). The molecule has 0 bridgehead atoms. The molecular weight excluding hydrogens is 337 g/mol. The highest BCUT2D eigenvalue weighted by Gasteiger charge is 2.05. The van der Waals surface area contributed by atoms with Crippen molar-refractivity contribution in [1.82, 2.24) is 9.97 Å². The van der Waals surface area contributed by atoms with Crippen LogP contribution < -0.4 is 5.32 Å². The fourth-order valence-electron chi connectivity index (χ4n) is 1.44. The van der Waals surface area contributed by atoms with Gasteiger partial charge in [0.15, 0.2) is 5.82 Å². The van der Waals surface area contributed by atoms with E-state index in [2.05, 4.69) is 31.2 Å². The Labute approximate surface area is 123 Å². The molecule has 0 atom stereocenters. The molecule has 0 amide bonds. The van der Waals surface area contributed by atoms with Gasteiger partial charge >= 0.3 is 0 Å². The fraction of sp³-hybridized carbons (Fsp3) is 0.167. The molecule has 0 radical (unpaired) electrons. The molecule has 1 N–H and O–H groups in total. The molecule has 0 saturated heterocycles. The zero-order valence-electron chi connectivity index (χ0n) is 9.95. The van der Waals surface area contributed by atoms with E-state index in [0.29, 0.717) is 27.0 Å². The van der Waals surface area contributed by atoms with Crippen molar-refractivity contribution >= 4 is 39.0 Å². The van der Waals surface area contributed by atoms with Gasteiger partial charge < -0.3 is 10.1 Å². The minimum Gasteiger partial charge on any atom is -0.377 e. The lowest BCUT2D eigenvalue weighted by Crippen LogP contribution is -2.01. The molecule has 0 aliphatic carbocycles. The van der Waals surface area contributed by atoms with E-state index < -0.39 is 0 Å². The van der Waals surface area contributed by atoms with Crippen LogP contribution in [0, 0.1) is 5.82 Å². The summed E-state index contributed by atoms with van der Waals surface area (Å²) in [4.78, 5) is 8.25. The topological polar surface area (TPSA) is 47.0 Å². The number of hydrogen-bond donors (Lipinski definition) is 1. The zero-order chi connectivity index (χ0) is 13.8. The van der Waals surface area contributed by atoms with E-state index >= 15 is 0 Å². The van der Waals surface area contributed by atoms with Crippen molar-refractivity contribution in [2.45, 2.75) is 6.61 Å². The van der Waals surface area contributed by atoms with Crippen LogP contribution in [0.3, 0.4) is 0 Å². The molecule has 1 aromatic heterocycles. The Bertz CT molecular complexity index is 597. The maximum Gasteiger partial charge on any atom is 0.158 e. The van der Waals surface area contributed by atoms with Crippen molar-refractivity contribution in [3.05, 3.63) is 45.5 Å². The van der Waals surface area contributed by atoms with Crippen LogP contribution >= 0.6 is 27.5 Å².